The van der Waals surface area contributed by atoms with Crippen molar-refractivity contribution >= 4 is 29.1 Å². The lowest BCUT2D eigenvalue weighted by Crippen LogP contribution is -2.53. The number of aliphatic hydroxyl groups excluding tert-OH is 1. The van der Waals surface area contributed by atoms with Crippen LogP contribution < -0.4 is 5.73 Å². The Morgan fingerprint density at radius 1 is 1.33 bits per heavy atom. The van der Waals surface area contributed by atoms with Crippen molar-refractivity contribution in [1.82, 2.24) is 19.7 Å². The van der Waals surface area contributed by atoms with E-state index in [0.717, 1.165) is 22.0 Å². The molecule has 8 nitrogen and oxygen atoms in total. The van der Waals surface area contributed by atoms with Gasteiger partial charge in [0.05, 0.1) is 23.5 Å². The predicted molar refractivity (Wildman–Crippen MR) is 116 cm³/mol. The number of aliphatic imine (C=N–C) groups is 1. The van der Waals surface area contributed by atoms with Crippen molar-refractivity contribution < 1.29 is 9.90 Å². The summed E-state index contributed by atoms with van der Waals surface area (Å²) in [7, 11) is 0. The first kappa shape index (κ1) is 19.5. The van der Waals surface area contributed by atoms with E-state index in [1.165, 1.54) is 6.20 Å². The molecule has 1 saturated heterocycles. The molecule has 1 fully saturated rings. The van der Waals surface area contributed by atoms with Crippen molar-refractivity contribution in [1.29, 1.82) is 0 Å². The monoisotopic (exact) mass is 402 g/mol. The molecule has 3 N–H and O–H groups in total. The van der Waals surface area contributed by atoms with Crippen molar-refractivity contribution in [3.05, 3.63) is 71.8 Å². The minimum atomic E-state index is -0.451. The highest BCUT2D eigenvalue weighted by molar-refractivity contribution is 5.93. The molecule has 0 saturated carbocycles. The van der Waals surface area contributed by atoms with Gasteiger partial charge in [0.2, 0.25) is 0 Å². The quantitative estimate of drug-likeness (QED) is 0.502. The number of aliphatic hydroxyl groups is 1. The lowest BCUT2D eigenvalue weighted by atomic mass is 10.0. The third-order valence-electron chi connectivity index (χ3n) is 4.97. The van der Waals surface area contributed by atoms with Crippen LogP contribution >= 0.6 is 0 Å². The zero-order valence-electron chi connectivity index (χ0n) is 16.6. The second-order valence-corrected chi connectivity index (χ2v) is 7.21. The van der Waals surface area contributed by atoms with E-state index in [0.29, 0.717) is 30.3 Å². The third kappa shape index (κ3) is 3.72. The molecule has 1 aliphatic rings. The number of aromatic nitrogens is 3. The minimum absolute atomic E-state index is 0.198. The summed E-state index contributed by atoms with van der Waals surface area (Å²) in [4.78, 5) is 22.3. The highest BCUT2D eigenvalue weighted by atomic mass is 16.3. The van der Waals surface area contributed by atoms with Gasteiger partial charge in [-0.3, -0.25) is 9.79 Å². The maximum Gasteiger partial charge on any atom is 0.272 e. The Kier molecular flexibility index (Phi) is 5.16. The number of β-amino-alcohol motifs (C(OH)–C–C–N with tert-alkyl or cyclic N) is 1. The van der Waals surface area contributed by atoms with Crippen LogP contribution in [0.1, 0.15) is 23.0 Å². The number of hydrogen-bond donors (Lipinski definition) is 2. The van der Waals surface area contributed by atoms with Gasteiger partial charge in [0.15, 0.2) is 5.82 Å². The second kappa shape index (κ2) is 7.92. The summed E-state index contributed by atoms with van der Waals surface area (Å²) in [5.41, 5.74) is 9.55. The van der Waals surface area contributed by atoms with Crippen molar-refractivity contribution in [2.75, 3.05) is 13.1 Å². The van der Waals surface area contributed by atoms with E-state index in [-0.39, 0.29) is 5.91 Å². The number of carbonyl (C=O) groups is 1. The zero-order valence-corrected chi connectivity index (χ0v) is 16.6. The van der Waals surface area contributed by atoms with Crippen LogP contribution in [-0.2, 0) is 0 Å². The molecule has 3 aromatic rings. The molecule has 3 heterocycles. The molecule has 30 heavy (non-hydrogen) atoms. The predicted octanol–water partition coefficient (Wildman–Crippen LogP) is 2.14. The number of rotatable bonds is 5. The minimum Gasteiger partial charge on any atom is -0.397 e. The molecule has 0 radical (unpaired) electrons. The molecular weight excluding hydrogens is 380 g/mol. The summed E-state index contributed by atoms with van der Waals surface area (Å²) in [6.07, 6.45) is 4.63. The van der Waals surface area contributed by atoms with Gasteiger partial charge in [-0.05, 0) is 49.1 Å². The van der Waals surface area contributed by atoms with Crippen molar-refractivity contribution in [2.24, 2.45) is 10.7 Å². The molecule has 8 heteroatoms. The van der Waals surface area contributed by atoms with Crippen LogP contribution in [0, 0.1) is 0 Å². The van der Waals surface area contributed by atoms with Gasteiger partial charge < -0.3 is 15.7 Å². The van der Waals surface area contributed by atoms with Gasteiger partial charge in [-0.25, -0.2) is 9.67 Å². The normalized spacial score (nSPS) is 15.3. The van der Waals surface area contributed by atoms with Crippen LogP contribution in [0.3, 0.4) is 0 Å². The molecule has 0 atom stereocenters. The van der Waals surface area contributed by atoms with Crippen LogP contribution in [0.2, 0.25) is 0 Å². The van der Waals surface area contributed by atoms with E-state index >= 15 is 0 Å². The number of likely N-dealkylation sites (tertiary alicyclic amines) is 1. The number of hydrogen-bond acceptors (Lipinski definition) is 6. The molecule has 0 unspecified atom stereocenters. The van der Waals surface area contributed by atoms with Crippen LogP contribution in [0.25, 0.3) is 22.3 Å². The van der Waals surface area contributed by atoms with E-state index < -0.39 is 6.10 Å². The fourth-order valence-corrected chi connectivity index (χ4v) is 3.37. The van der Waals surface area contributed by atoms with E-state index in [4.69, 9.17) is 5.73 Å². The molecule has 1 aromatic carbocycles. The van der Waals surface area contributed by atoms with Crippen molar-refractivity contribution in [3.63, 3.8) is 0 Å². The van der Waals surface area contributed by atoms with E-state index in [9.17, 15) is 9.90 Å². The zero-order chi connectivity index (χ0) is 21.3. The fraction of sp³-hybridized carbons (Fsp3) is 0.182. The molecule has 1 amide bonds. The molecule has 4 rings (SSSR count). The van der Waals surface area contributed by atoms with Gasteiger partial charge in [0.1, 0.15) is 5.69 Å². The molecule has 0 spiro atoms. The largest absolute Gasteiger partial charge is 0.397 e. The smallest absolute Gasteiger partial charge is 0.272 e. The Morgan fingerprint density at radius 2 is 2.13 bits per heavy atom. The molecule has 2 aromatic heterocycles. The maximum absolute atomic E-state index is 12.5. The Balaban J connectivity index is 1.70. The number of pyridine rings is 1. The summed E-state index contributed by atoms with van der Waals surface area (Å²) in [6, 6.07) is 11.2. The summed E-state index contributed by atoms with van der Waals surface area (Å²) in [6.45, 7) is 6.05. The second-order valence-electron chi connectivity index (χ2n) is 7.21. The summed E-state index contributed by atoms with van der Waals surface area (Å²) >= 11 is 0. The molecule has 0 aliphatic carbocycles. The van der Waals surface area contributed by atoms with Gasteiger partial charge in [0, 0.05) is 24.7 Å². The Labute approximate surface area is 173 Å². The number of nitrogens with two attached hydrogens (primary N) is 1. The van der Waals surface area contributed by atoms with Gasteiger partial charge in [-0.15, -0.1) is 0 Å². The topological polar surface area (TPSA) is 110 Å². The molecular formula is C22H22N6O2. The standard InChI is InChI=1S/C22H22N6O2/c1-14(8-17(23)11-24-2)15-6-7-16-10-25-28(20(16)9-15)21-5-3-4-19(26-21)22(30)27-12-18(29)13-27/h3-11,18,29H,2,12-13,23H2,1H3/b14-8+,17-11+. The maximum atomic E-state index is 12.5. The van der Waals surface area contributed by atoms with Gasteiger partial charge in [-0.2, -0.15) is 5.10 Å². The molecule has 0 bridgehead atoms. The van der Waals surface area contributed by atoms with E-state index in [1.54, 1.807) is 34.0 Å². The van der Waals surface area contributed by atoms with Gasteiger partial charge >= 0.3 is 0 Å². The van der Waals surface area contributed by atoms with E-state index in [1.807, 2.05) is 31.2 Å². The Hall–Kier alpha value is -3.78. The summed E-state index contributed by atoms with van der Waals surface area (Å²) in [5.74, 6) is 0.349. The summed E-state index contributed by atoms with van der Waals surface area (Å²) < 4.78 is 1.71. The van der Waals surface area contributed by atoms with Crippen molar-refractivity contribution in [2.45, 2.75) is 13.0 Å². The number of allylic oxidation sites excluding steroid dienone is 2. The lowest BCUT2D eigenvalue weighted by Gasteiger charge is -2.35. The van der Waals surface area contributed by atoms with Crippen LogP contribution in [0.15, 0.2) is 65.6 Å². The fourth-order valence-electron chi connectivity index (χ4n) is 3.37. The van der Waals surface area contributed by atoms with Gasteiger partial charge in [-0.1, -0.05) is 18.2 Å². The average molecular weight is 402 g/mol. The number of fused-ring (bicyclic) bond motifs is 1. The van der Waals surface area contributed by atoms with Gasteiger partial charge in [0.25, 0.3) is 5.91 Å². The van der Waals surface area contributed by atoms with Crippen LogP contribution in [0.5, 0.6) is 0 Å². The molecule has 1 aliphatic heterocycles. The third-order valence-corrected chi connectivity index (χ3v) is 4.97. The Morgan fingerprint density at radius 3 is 2.87 bits per heavy atom. The van der Waals surface area contributed by atoms with Crippen molar-refractivity contribution in [3.8, 4) is 5.82 Å². The SMILES string of the molecule is C=N/C=C(N)\C=C(/C)c1ccc2cnn(-c3cccc(C(=O)N4CC(O)C4)n3)c2c1. The first-order valence-electron chi connectivity index (χ1n) is 9.49. The highest BCUT2D eigenvalue weighted by Gasteiger charge is 2.30. The highest BCUT2D eigenvalue weighted by Crippen LogP contribution is 2.24. The number of benzene rings is 1. The molecule has 152 valence electrons. The number of nitrogens with zero attached hydrogens (tertiary/aromatic N) is 5. The summed E-state index contributed by atoms with van der Waals surface area (Å²) in [5, 5.41) is 14.8. The average Bonchev–Trinajstić information content (AvgIpc) is 3.14. The number of carbonyl (C=O) groups excluding carboxylic acids is 1. The van der Waals surface area contributed by atoms with Crippen LogP contribution in [0.4, 0.5) is 0 Å². The Bertz CT molecular complexity index is 1190. The first-order valence-corrected chi connectivity index (χ1v) is 9.49. The van der Waals surface area contributed by atoms with E-state index in [2.05, 4.69) is 21.8 Å². The lowest BCUT2D eigenvalue weighted by molar-refractivity contribution is 0.00550. The van der Waals surface area contributed by atoms with Crippen LogP contribution in [-0.4, -0.2) is 56.6 Å². The first-order chi connectivity index (χ1) is 14.5. The number of amides is 1.